The highest BCUT2D eigenvalue weighted by molar-refractivity contribution is 7.86. The Labute approximate surface area is 155 Å². The van der Waals surface area contributed by atoms with Crippen LogP contribution in [-0.4, -0.2) is 16.5 Å². The molecule has 2 N–H and O–H groups in total. The normalized spacial score (nSPS) is 13.3. The fourth-order valence-corrected chi connectivity index (χ4v) is 4.79. The molecule has 1 aromatic heterocycles. The molecule has 0 aliphatic heterocycles. The van der Waals surface area contributed by atoms with Crippen LogP contribution in [0.4, 0.5) is 15.5 Å². The highest BCUT2D eigenvalue weighted by atomic mass is 32.2. The molecule has 0 spiro atoms. The number of anilines is 2. The predicted octanol–water partition coefficient (Wildman–Crippen LogP) is 5.42. The monoisotopic (exact) mass is 376 g/mol. The van der Waals surface area contributed by atoms with Gasteiger partial charge in [-0.3, -0.25) is 9.53 Å². The number of urea groups is 1. The lowest BCUT2D eigenvalue weighted by molar-refractivity contribution is 0.262. The molecule has 6 heteroatoms. The van der Waals surface area contributed by atoms with Crippen molar-refractivity contribution in [2.45, 2.75) is 37.8 Å². The van der Waals surface area contributed by atoms with E-state index in [2.05, 4.69) is 16.7 Å². The lowest BCUT2D eigenvalue weighted by Crippen LogP contribution is -2.19. The summed E-state index contributed by atoms with van der Waals surface area (Å²) in [4.78, 5) is 12.2. The number of nitrogens with one attached hydrogen (secondary N) is 2. The topological polar surface area (TPSA) is 58.2 Å². The van der Waals surface area contributed by atoms with E-state index in [1.165, 1.54) is 11.3 Å². The van der Waals surface area contributed by atoms with Crippen molar-refractivity contribution < 1.29 is 9.00 Å². The van der Waals surface area contributed by atoms with Crippen molar-refractivity contribution in [3.8, 4) is 0 Å². The van der Waals surface area contributed by atoms with E-state index in [4.69, 9.17) is 0 Å². The van der Waals surface area contributed by atoms with Gasteiger partial charge in [0.25, 0.3) is 0 Å². The summed E-state index contributed by atoms with van der Waals surface area (Å²) < 4.78 is 12.7. The Kier molecular flexibility index (Phi) is 6.96. The standard InChI is InChI=1S/C17H18N2O2S2.C2H6/c1-11-6-5-7-12(10-11)18-17(20)19-15-13-8-3-4-9-14(13)16(22-15)23(2)21;1-2/h4-7,9-10H,3,8H2,1-2H3,(H2,18,19,20);1-2H3. The number of rotatable bonds is 3. The minimum Gasteiger partial charge on any atom is -0.308 e. The molecule has 1 heterocycles. The molecule has 0 saturated carbocycles. The van der Waals surface area contributed by atoms with Gasteiger partial charge in [0.2, 0.25) is 0 Å². The molecule has 1 aliphatic rings. The number of fused-ring (bicyclic) bond motifs is 1. The third kappa shape index (κ3) is 4.80. The number of thiophene rings is 1. The van der Waals surface area contributed by atoms with Crippen LogP contribution in [0.1, 0.15) is 37.0 Å². The Morgan fingerprint density at radius 3 is 2.68 bits per heavy atom. The third-order valence-electron chi connectivity index (χ3n) is 3.62. The third-order valence-corrected chi connectivity index (χ3v) is 6.28. The zero-order valence-corrected chi connectivity index (χ0v) is 16.6. The Bertz CT molecular complexity index is 810. The van der Waals surface area contributed by atoms with E-state index in [1.807, 2.05) is 51.1 Å². The second-order valence-electron chi connectivity index (χ2n) is 5.45. The molecule has 1 aliphatic carbocycles. The van der Waals surface area contributed by atoms with Gasteiger partial charge in [0, 0.05) is 17.5 Å². The highest BCUT2D eigenvalue weighted by Crippen LogP contribution is 2.39. The van der Waals surface area contributed by atoms with Gasteiger partial charge < -0.3 is 5.32 Å². The molecule has 2 amide bonds. The van der Waals surface area contributed by atoms with Gasteiger partial charge in [-0.2, -0.15) is 0 Å². The lowest BCUT2D eigenvalue weighted by atomic mass is 10.0. The van der Waals surface area contributed by atoms with Crippen LogP contribution < -0.4 is 10.6 Å². The van der Waals surface area contributed by atoms with Crippen LogP contribution in [0.25, 0.3) is 6.08 Å². The van der Waals surface area contributed by atoms with E-state index in [9.17, 15) is 9.00 Å². The average molecular weight is 377 g/mol. The van der Waals surface area contributed by atoms with Gasteiger partial charge in [0.1, 0.15) is 9.21 Å². The van der Waals surface area contributed by atoms with Crippen molar-refractivity contribution in [2.75, 3.05) is 16.9 Å². The van der Waals surface area contributed by atoms with Crippen molar-refractivity contribution in [3.05, 3.63) is 47.0 Å². The van der Waals surface area contributed by atoms with Crippen molar-refractivity contribution in [3.63, 3.8) is 0 Å². The zero-order valence-electron chi connectivity index (χ0n) is 15.0. The summed E-state index contributed by atoms with van der Waals surface area (Å²) >= 11 is 1.40. The van der Waals surface area contributed by atoms with E-state index in [0.29, 0.717) is 0 Å². The predicted molar refractivity (Wildman–Crippen MR) is 109 cm³/mol. The fourth-order valence-electron chi connectivity index (χ4n) is 2.60. The van der Waals surface area contributed by atoms with Crippen LogP contribution in [0.15, 0.2) is 34.6 Å². The van der Waals surface area contributed by atoms with E-state index in [-0.39, 0.29) is 6.03 Å². The summed E-state index contributed by atoms with van der Waals surface area (Å²) in [6, 6.07) is 7.38. The first-order chi connectivity index (χ1) is 12.0. The number of aryl methyl sites for hydroxylation is 1. The van der Waals surface area contributed by atoms with Gasteiger partial charge in [-0.1, -0.05) is 38.1 Å². The summed E-state index contributed by atoms with van der Waals surface area (Å²) in [7, 11) is -1.06. The second-order valence-corrected chi connectivity index (χ2v) is 8.05. The molecule has 25 heavy (non-hydrogen) atoms. The second kappa shape index (κ2) is 8.97. The Morgan fingerprint density at radius 1 is 1.24 bits per heavy atom. The fraction of sp³-hybridized carbons (Fsp3) is 0.316. The van der Waals surface area contributed by atoms with E-state index in [0.717, 1.165) is 44.4 Å². The van der Waals surface area contributed by atoms with Gasteiger partial charge in [0.05, 0.1) is 10.8 Å². The summed E-state index contributed by atoms with van der Waals surface area (Å²) in [6.07, 6.45) is 7.57. The van der Waals surface area contributed by atoms with E-state index < -0.39 is 10.8 Å². The van der Waals surface area contributed by atoms with Gasteiger partial charge in [0.15, 0.2) is 0 Å². The smallest absolute Gasteiger partial charge is 0.308 e. The molecule has 0 bridgehead atoms. The molecule has 1 unspecified atom stereocenters. The largest absolute Gasteiger partial charge is 0.324 e. The molecule has 2 aromatic rings. The number of hydrogen-bond donors (Lipinski definition) is 2. The van der Waals surface area contributed by atoms with Gasteiger partial charge in [-0.15, -0.1) is 11.3 Å². The van der Waals surface area contributed by atoms with Crippen molar-refractivity contribution in [1.29, 1.82) is 0 Å². The molecule has 0 saturated heterocycles. The lowest BCUT2D eigenvalue weighted by Gasteiger charge is -2.10. The minimum absolute atomic E-state index is 0.275. The number of carbonyl (C=O) groups excluding carboxylic acids is 1. The van der Waals surface area contributed by atoms with Crippen LogP contribution in [0.5, 0.6) is 0 Å². The zero-order chi connectivity index (χ0) is 18.4. The summed E-state index contributed by atoms with van der Waals surface area (Å²) in [6.45, 7) is 5.98. The molecule has 3 rings (SSSR count). The molecular formula is C19H24N2O2S2. The first-order valence-electron chi connectivity index (χ1n) is 8.35. The number of benzene rings is 1. The maximum absolute atomic E-state index is 12.2. The minimum atomic E-state index is -1.06. The average Bonchev–Trinajstić information content (AvgIpc) is 2.96. The quantitative estimate of drug-likeness (QED) is 0.751. The van der Waals surface area contributed by atoms with E-state index >= 15 is 0 Å². The molecule has 134 valence electrons. The van der Waals surface area contributed by atoms with Crippen LogP contribution in [-0.2, 0) is 17.2 Å². The van der Waals surface area contributed by atoms with Crippen molar-refractivity contribution >= 4 is 44.9 Å². The summed E-state index contributed by atoms with van der Waals surface area (Å²) in [5.41, 5.74) is 3.94. The molecule has 1 aromatic carbocycles. The molecule has 0 fully saturated rings. The number of hydrogen-bond acceptors (Lipinski definition) is 3. The van der Waals surface area contributed by atoms with Crippen molar-refractivity contribution in [2.24, 2.45) is 0 Å². The molecule has 1 atom stereocenters. The van der Waals surface area contributed by atoms with Crippen LogP contribution in [0.2, 0.25) is 0 Å². The maximum atomic E-state index is 12.2. The Morgan fingerprint density at radius 2 is 2.00 bits per heavy atom. The number of allylic oxidation sites excluding steroid dienone is 1. The van der Waals surface area contributed by atoms with Crippen LogP contribution in [0, 0.1) is 6.92 Å². The summed E-state index contributed by atoms with van der Waals surface area (Å²) in [5.74, 6) is 0. The van der Waals surface area contributed by atoms with E-state index in [1.54, 1.807) is 6.26 Å². The molecular weight excluding hydrogens is 352 g/mol. The molecule has 0 radical (unpaired) electrons. The first-order valence-corrected chi connectivity index (χ1v) is 10.7. The van der Waals surface area contributed by atoms with Gasteiger partial charge in [-0.25, -0.2) is 4.79 Å². The van der Waals surface area contributed by atoms with Gasteiger partial charge in [-0.05, 0) is 43.0 Å². The van der Waals surface area contributed by atoms with Crippen LogP contribution >= 0.6 is 11.3 Å². The van der Waals surface area contributed by atoms with Gasteiger partial charge >= 0.3 is 6.03 Å². The Hall–Kier alpha value is -1.92. The highest BCUT2D eigenvalue weighted by Gasteiger charge is 2.21. The SMILES string of the molecule is CC.Cc1cccc(NC(=O)Nc2sc(S(C)=O)c3c2CCC=C3)c1. The Balaban J connectivity index is 0.00000109. The number of carbonyl (C=O) groups is 1. The molecule has 4 nitrogen and oxygen atoms in total. The van der Waals surface area contributed by atoms with Crippen molar-refractivity contribution in [1.82, 2.24) is 0 Å². The number of amides is 2. The first kappa shape index (κ1) is 19.4. The van der Waals surface area contributed by atoms with Crippen LogP contribution in [0.3, 0.4) is 0 Å². The maximum Gasteiger partial charge on any atom is 0.324 e. The summed E-state index contributed by atoms with van der Waals surface area (Å²) in [5, 5.41) is 6.54.